The van der Waals surface area contributed by atoms with Gasteiger partial charge in [0.2, 0.25) is 11.8 Å². The van der Waals surface area contributed by atoms with Crippen LogP contribution in [-0.4, -0.2) is 46.7 Å². The first-order valence-electron chi connectivity index (χ1n) is 10.4. The molecule has 34 heavy (non-hydrogen) atoms. The van der Waals surface area contributed by atoms with Crippen LogP contribution in [0.25, 0.3) is 6.08 Å². The first kappa shape index (κ1) is 27.2. The third-order valence-corrected chi connectivity index (χ3v) is 6.69. The van der Waals surface area contributed by atoms with Crippen molar-refractivity contribution in [3.05, 3.63) is 71.4 Å². The van der Waals surface area contributed by atoms with Crippen molar-refractivity contribution in [3.8, 4) is 0 Å². The summed E-state index contributed by atoms with van der Waals surface area (Å²) in [6.07, 6.45) is 1.81. The molecule has 11 heteroatoms. The van der Waals surface area contributed by atoms with E-state index in [2.05, 4.69) is 0 Å². The van der Waals surface area contributed by atoms with Crippen molar-refractivity contribution in [1.29, 1.82) is 0 Å². The molecule has 0 aliphatic carbocycles. The molecule has 184 valence electrons. The number of benzene rings is 2. The fourth-order valence-electron chi connectivity index (χ4n) is 3.13. The average molecular weight is 511 g/mol. The SMILES string of the molecule is CC(C)N(C(=O)C(CCS(C)(=O)=O)C(=O)NS(=O)(=O)/C=C/c1ccccc1)c1ccc(F)cc1. The van der Waals surface area contributed by atoms with Crippen molar-refractivity contribution >= 4 is 43.4 Å². The van der Waals surface area contributed by atoms with Crippen LogP contribution in [-0.2, 0) is 29.4 Å². The number of carbonyl (C=O) groups excluding carboxylic acids is 2. The molecule has 2 aromatic carbocycles. The second-order valence-electron chi connectivity index (χ2n) is 7.97. The highest BCUT2D eigenvalue weighted by Gasteiger charge is 2.35. The van der Waals surface area contributed by atoms with Crippen LogP contribution in [0.3, 0.4) is 0 Å². The van der Waals surface area contributed by atoms with Crippen molar-refractivity contribution in [1.82, 2.24) is 4.72 Å². The molecular weight excluding hydrogens is 483 g/mol. The lowest BCUT2D eigenvalue weighted by Crippen LogP contribution is -2.48. The zero-order valence-electron chi connectivity index (χ0n) is 19.0. The average Bonchev–Trinajstić information content (AvgIpc) is 2.73. The van der Waals surface area contributed by atoms with E-state index in [0.29, 0.717) is 5.56 Å². The van der Waals surface area contributed by atoms with Gasteiger partial charge in [-0.15, -0.1) is 0 Å². The van der Waals surface area contributed by atoms with Gasteiger partial charge in [0.1, 0.15) is 21.6 Å². The summed E-state index contributed by atoms with van der Waals surface area (Å²) in [6.45, 7) is 3.32. The van der Waals surface area contributed by atoms with Crippen molar-refractivity contribution in [2.75, 3.05) is 16.9 Å². The minimum absolute atomic E-state index is 0.283. The smallest absolute Gasteiger partial charge is 0.257 e. The van der Waals surface area contributed by atoms with Crippen LogP contribution >= 0.6 is 0 Å². The molecule has 0 aliphatic heterocycles. The molecule has 0 bridgehead atoms. The second-order valence-corrected chi connectivity index (χ2v) is 11.8. The van der Waals surface area contributed by atoms with Gasteiger partial charge in [-0.25, -0.2) is 25.9 Å². The van der Waals surface area contributed by atoms with E-state index in [0.717, 1.165) is 23.8 Å². The summed E-state index contributed by atoms with van der Waals surface area (Å²) in [5.74, 6) is -4.60. The van der Waals surface area contributed by atoms with E-state index < -0.39 is 61.6 Å². The number of amides is 2. The van der Waals surface area contributed by atoms with E-state index in [-0.39, 0.29) is 5.69 Å². The van der Waals surface area contributed by atoms with Crippen molar-refractivity contribution in [3.63, 3.8) is 0 Å². The van der Waals surface area contributed by atoms with Crippen LogP contribution in [0.1, 0.15) is 25.8 Å². The van der Waals surface area contributed by atoms with E-state index in [9.17, 15) is 30.8 Å². The van der Waals surface area contributed by atoms with Gasteiger partial charge in [0, 0.05) is 18.0 Å². The molecular formula is C23H27FN2O6S2. The van der Waals surface area contributed by atoms with Crippen LogP contribution in [0, 0.1) is 11.7 Å². The molecule has 0 saturated heterocycles. The Bertz CT molecular complexity index is 1240. The lowest BCUT2D eigenvalue weighted by atomic mass is 10.0. The van der Waals surface area contributed by atoms with E-state index in [1.54, 1.807) is 44.2 Å². The van der Waals surface area contributed by atoms with Gasteiger partial charge >= 0.3 is 0 Å². The minimum Gasteiger partial charge on any atom is -0.309 e. The summed E-state index contributed by atoms with van der Waals surface area (Å²) in [5, 5.41) is 0.790. The molecule has 0 aliphatic rings. The molecule has 2 amide bonds. The van der Waals surface area contributed by atoms with Crippen LogP contribution < -0.4 is 9.62 Å². The van der Waals surface area contributed by atoms with Gasteiger partial charge < -0.3 is 4.90 Å². The second kappa shape index (κ2) is 11.4. The highest BCUT2D eigenvalue weighted by Crippen LogP contribution is 2.22. The summed E-state index contributed by atoms with van der Waals surface area (Å²) < 4.78 is 63.5. The Kier molecular flexibility index (Phi) is 9.11. The lowest BCUT2D eigenvalue weighted by molar-refractivity contribution is -0.132. The molecule has 0 saturated carbocycles. The van der Waals surface area contributed by atoms with Crippen molar-refractivity contribution < 1.29 is 30.8 Å². The Morgan fingerprint density at radius 3 is 2.12 bits per heavy atom. The van der Waals surface area contributed by atoms with E-state index in [4.69, 9.17) is 0 Å². The third-order valence-electron chi connectivity index (χ3n) is 4.73. The Morgan fingerprint density at radius 1 is 1.00 bits per heavy atom. The fraction of sp³-hybridized carbons (Fsp3) is 0.304. The number of nitrogens with zero attached hydrogens (tertiary/aromatic N) is 1. The van der Waals surface area contributed by atoms with Crippen LogP contribution in [0.4, 0.5) is 10.1 Å². The topological polar surface area (TPSA) is 118 Å². The molecule has 8 nitrogen and oxygen atoms in total. The first-order chi connectivity index (χ1) is 15.8. The zero-order chi connectivity index (χ0) is 25.5. The monoisotopic (exact) mass is 510 g/mol. The maximum Gasteiger partial charge on any atom is 0.257 e. The number of hydrogen-bond acceptors (Lipinski definition) is 6. The number of rotatable bonds is 10. The van der Waals surface area contributed by atoms with Gasteiger partial charge in [0.15, 0.2) is 0 Å². The van der Waals surface area contributed by atoms with Crippen molar-refractivity contribution in [2.24, 2.45) is 5.92 Å². The number of hydrogen-bond donors (Lipinski definition) is 1. The number of halogens is 1. The fourth-order valence-corrected chi connectivity index (χ4v) is 4.62. The van der Waals surface area contributed by atoms with Crippen LogP contribution in [0.15, 0.2) is 60.0 Å². The maximum absolute atomic E-state index is 13.4. The summed E-state index contributed by atoms with van der Waals surface area (Å²) in [4.78, 5) is 27.5. The maximum atomic E-state index is 13.4. The zero-order valence-corrected chi connectivity index (χ0v) is 20.6. The van der Waals surface area contributed by atoms with Gasteiger partial charge in [-0.05, 0) is 56.2 Å². The Balaban J connectivity index is 2.34. The number of sulfone groups is 1. The van der Waals surface area contributed by atoms with Crippen LogP contribution in [0.5, 0.6) is 0 Å². The first-order valence-corrected chi connectivity index (χ1v) is 14.0. The number of sulfonamides is 1. The molecule has 1 atom stereocenters. The number of carbonyl (C=O) groups is 2. The molecule has 2 rings (SSSR count). The molecule has 1 N–H and O–H groups in total. The highest BCUT2D eigenvalue weighted by molar-refractivity contribution is 7.93. The summed E-state index contributed by atoms with van der Waals surface area (Å²) in [6, 6.07) is 13.0. The van der Waals surface area contributed by atoms with E-state index in [1.165, 1.54) is 23.1 Å². The van der Waals surface area contributed by atoms with Gasteiger partial charge in [0.05, 0.1) is 11.2 Å². The predicted molar refractivity (Wildman–Crippen MR) is 129 cm³/mol. The number of nitrogens with one attached hydrogen (secondary N) is 1. The van der Waals surface area contributed by atoms with Gasteiger partial charge in [0.25, 0.3) is 10.0 Å². The molecule has 0 radical (unpaired) electrons. The summed E-state index contributed by atoms with van der Waals surface area (Å²) >= 11 is 0. The quantitative estimate of drug-likeness (QED) is 0.491. The largest absolute Gasteiger partial charge is 0.309 e. The Hall–Kier alpha value is -3.05. The molecule has 0 fully saturated rings. The van der Waals surface area contributed by atoms with Gasteiger partial charge in [-0.3, -0.25) is 9.59 Å². The predicted octanol–water partition coefficient (Wildman–Crippen LogP) is 2.73. The van der Waals surface area contributed by atoms with Gasteiger partial charge in [-0.1, -0.05) is 30.3 Å². The highest BCUT2D eigenvalue weighted by atomic mass is 32.2. The normalized spacial score (nSPS) is 13.1. The van der Waals surface area contributed by atoms with E-state index >= 15 is 0 Å². The molecule has 0 heterocycles. The minimum atomic E-state index is -4.28. The molecule has 0 aromatic heterocycles. The molecule has 1 unspecified atom stereocenters. The summed E-state index contributed by atoms with van der Waals surface area (Å²) in [7, 11) is -7.83. The standard InChI is InChI=1S/C23H27FN2O6S2/c1-17(2)26(20-11-9-19(24)10-12-20)23(28)21(14-15-33(3,29)30)22(27)25-34(31,32)16-13-18-7-5-4-6-8-18/h4-13,16-17,21H,14-15H2,1-3H3,(H,25,27)/b16-13+. The molecule has 2 aromatic rings. The Labute approximate surface area is 199 Å². The summed E-state index contributed by atoms with van der Waals surface area (Å²) in [5.41, 5.74) is 0.859. The van der Waals surface area contributed by atoms with Crippen LogP contribution in [0.2, 0.25) is 0 Å². The van der Waals surface area contributed by atoms with Gasteiger partial charge in [-0.2, -0.15) is 0 Å². The van der Waals surface area contributed by atoms with Crippen molar-refractivity contribution in [2.45, 2.75) is 26.3 Å². The Morgan fingerprint density at radius 2 is 1.59 bits per heavy atom. The lowest BCUT2D eigenvalue weighted by Gasteiger charge is -2.30. The van der Waals surface area contributed by atoms with E-state index in [1.807, 2.05) is 4.72 Å². The number of anilines is 1. The molecule has 0 spiro atoms. The third kappa shape index (κ3) is 8.38.